The maximum Gasteiger partial charge on any atom is 0.341 e. The van der Waals surface area contributed by atoms with E-state index >= 15 is 0 Å². The number of nitrogens with zero attached hydrogens (tertiary/aromatic N) is 1. The number of aromatic nitrogens is 1. The van der Waals surface area contributed by atoms with Crippen LogP contribution in [0.1, 0.15) is 27.8 Å². The third-order valence-corrected chi connectivity index (χ3v) is 1.80. The number of carbonyl (C=O) groups excluding carboxylic acids is 2. The number of halogens is 1. The van der Waals surface area contributed by atoms with Gasteiger partial charge in [-0.25, -0.2) is 4.79 Å². The largest absolute Gasteiger partial charge is 0.462 e. The number of hydrogen-bond donors (Lipinski definition) is 0. The molecular formula is C9H8ClNO3. The highest BCUT2D eigenvalue weighted by molar-refractivity contribution is 6.33. The first kappa shape index (κ1) is 10.7. The van der Waals surface area contributed by atoms with Gasteiger partial charge in [0, 0.05) is 6.20 Å². The van der Waals surface area contributed by atoms with Gasteiger partial charge in [0.2, 0.25) is 0 Å². The monoisotopic (exact) mass is 213 g/mol. The molecule has 0 N–H and O–H groups in total. The fourth-order valence-electron chi connectivity index (χ4n) is 0.869. The maximum absolute atomic E-state index is 11.2. The lowest BCUT2D eigenvalue weighted by Crippen LogP contribution is -2.06. The van der Waals surface area contributed by atoms with Crippen molar-refractivity contribution in [3.05, 3.63) is 28.5 Å². The van der Waals surface area contributed by atoms with Crippen LogP contribution in [-0.2, 0) is 4.74 Å². The molecule has 5 heteroatoms. The summed E-state index contributed by atoms with van der Waals surface area (Å²) < 4.78 is 4.73. The van der Waals surface area contributed by atoms with Crippen LogP contribution in [0.15, 0.2) is 12.3 Å². The molecule has 0 aromatic carbocycles. The van der Waals surface area contributed by atoms with Crippen molar-refractivity contribution in [3.8, 4) is 0 Å². The molecule has 0 aliphatic carbocycles. The molecular weight excluding hydrogens is 206 g/mol. The summed E-state index contributed by atoms with van der Waals surface area (Å²) in [6.07, 6.45) is 1.78. The molecule has 1 rings (SSSR count). The molecule has 0 spiro atoms. The summed E-state index contributed by atoms with van der Waals surface area (Å²) in [5.41, 5.74) is 0.349. The molecule has 1 aromatic heterocycles. The van der Waals surface area contributed by atoms with Gasteiger partial charge in [-0.3, -0.25) is 9.78 Å². The van der Waals surface area contributed by atoms with Gasteiger partial charge in [0.1, 0.15) is 5.69 Å². The van der Waals surface area contributed by atoms with Gasteiger partial charge in [-0.15, -0.1) is 0 Å². The third kappa shape index (κ3) is 2.29. The average Bonchev–Trinajstić information content (AvgIpc) is 2.17. The Balaban J connectivity index is 2.99. The lowest BCUT2D eigenvalue weighted by molar-refractivity contribution is 0.0526. The number of rotatable bonds is 3. The van der Waals surface area contributed by atoms with Crippen LogP contribution < -0.4 is 0 Å². The van der Waals surface area contributed by atoms with Crippen LogP contribution in [-0.4, -0.2) is 23.8 Å². The van der Waals surface area contributed by atoms with Crippen molar-refractivity contribution in [1.29, 1.82) is 0 Å². The fourth-order valence-corrected chi connectivity index (χ4v) is 1.11. The Kier molecular flexibility index (Phi) is 3.59. The predicted molar refractivity (Wildman–Crippen MR) is 50.6 cm³/mol. The number of aldehydes is 1. The van der Waals surface area contributed by atoms with Gasteiger partial charge in [0.25, 0.3) is 0 Å². The van der Waals surface area contributed by atoms with Gasteiger partial charge in [-0.2, -0.15) is 0 Å². The van der Waals surface area contributed by atoms with Crippen molar-refractivity contribution < 1.29 is 14.3 Å². The third-order valence-electron chi connectivity index (χ3n) is 1.49. The van der Waals surface area contributed by atoms with E-state index < -0.39 is 5.97 Å². The first-order valence-corrected chi connectivity index (χ1v) is 4.34. The van der Waals surface area contributed by atoms with Crippen LogP contribution in [0.5, 0.6) is 0 Å². The molecule has 0 saturated carbocycles. The smallest absolute Gasteiger partial charge is 0.341 e. The quantitative estimate of drug-likeness (QED) is 0.567. The molecule has 14 heavy (non-hydrogen) atoms. The van der Waals surface area contributed by atoms with E-state index in [1.165, 1.54) is 12.3 Å². The second kappa shape index (κ2) is 4.72. The topological polar surface area (TPSA) is 56.3 Å². The Morgan fingerprint density at radius 2 is 2.43 bits per heavy atom. The zero-order valence-corrected chi connectivity index (χ0v) is 8.25. The standard InChI is InChI=1S/C9H8ClNO3/c1-2-14-9(13)7-4-11-6(5-12)3-8(7)10/h3-5H,2H2,1H3. The molecule has 0 fully saturated rings. The van der Waals surface area contributed by atoms with Crippen molar-refractivity contribution in [3.63, 3.8) is 0 Å². The van der Waals surface area contributed by atoms with Gasteiger partial charge < -0.3 is 4.74 Å². The van der Waals surface area contributed by atoms with Crippen LogP contribution in [0, 0.1) is 0 Å². The highest BCUT2D eigenvalue weighted by atomic mass is 35.5. The van der Waals surface area contributed by atoms with Gasteiger partial charge in [0.15, 0.2) is 6.29 Å². The first-order valence-electron chi connectivity index (χ1n) is 3.97. The zero-order valence-electron chi connectivity index (χ0n) is 7.49. The molecule has 0 aliphatic rings. The molecule has 4 nitrogen and oxygen atoms in total. The van der Waals surface area contributed by atoms with E-state index in [0.29, 0.717) is 6.29 Å². The Hall–Kier alpha value is -1.42. The SMILES string of the molecule is CCOC(=O)c1cnc(C=O)cc1Cl. The van der Waals surface area contributed by atoms with Crippen molar-refractivity contribution >= 4 is 23.9 Å². The van der Waals surface area contributed by atoms with Gasteiger partial charge >= 0.3 is 5.97 Å². The lowest BCUT2D eigenvalue weighted by Gasteiger charge is -2.03. The molecule has 0 atom stereocenters. The van der Waals surface area contributed by atoms with E-state index in [0.717, 1.165) is 0 Å². The molecule has 1 heterocycles. The second-order valence-corrected chi connectivity index (χ2v) is 2.83. The summed E-state index contributed by atoms with van der Waals surface area (Å²) in [5.74, 6) is -0.539. The zero-order chi connectivity index (χ0) is 10.6. The van der Waals surface area contributed by atoms with Crippen LogP contribution in [0.4, 0.5) is 0 Å². The van der Waals surface area contributed by atoms with E-state index in [-0.39, 0.29) is 22.9 Å². The second-order valence-electron chi connectivity index (χ2n) is 2.43. The molecule has 0 unspecified atom stereocenters. The van der Waals surface area contributed by atoms with Crippen molar-refractivity contribution in [2.24, 2.45) is 0 Å². The number of ether oxygens (including phenoxy) is 1. The summed E-state index contributed by atoms with van der Waals surface area (Å²) >= 11 is 5.74. The van der Waals surface area contributed by atoms with E-state index in [2.05, 4.69) is 4.98 Å². The summed E-state index contributed by atoms with van der Waals surface area (Å²) in [7, 11) is 0. The summed E-state index contributed by atoms with van der Waals surface area (Å²) in [4.78, 5) is 25.3. The van der Waals surface area contributed by atoms with E-state index in [9.17, 15) is 9.59 Å². The van der Waals surface area contributed by atoms with Gasteiger partial charge in [0.05, 0.1) is 17.2 Å². The van der Waals surface area contributed by atoms with Crippen molar-refractivity contribution in [1.82, 2.24) is 4.98 Å². The molecule has 0 aliphatic heterocycles. The fraction of sp³-hybridized carbons (Fsp3) is 0.222. The maximum atomic E-state index is 11.2. The normalized spacial score (nSPS) is 9.57. The molecule has 1 aromatic rings. The minimum atomic E-state index is -0.539. The van der Waals surface area contributed by atoms with Crippen molar-refractivity contribution in [2.75, 3.05) is 6.61 Å². The Morgan fingerprint density at radius 1 is 1.71 bits per heavy atom. The van der Waals surface area contributed by atoms with E-state index in [1.54, 1.807) is 6.92 Å². The number of esters is 1. The number of hydrogen-bond acceptors (Lipinski definition) is 4. The van der Waals surface area contributed by atoms with E-state index in [4.69, 9.17) is 16.3 Å². The summed E-state index contributed by atoms with van der Waals surface area (Å²) in [5, 5.41) is 0.167. The average molecular weight is 214 g/mol. The molecule has 0 saturated heterocycles. The van der Waals surface area contributed by atoms with Crippen LogP contribution >= 0.6 is 11.6 Å². The summed E-state index contributed by atoms with van der Waals surface area (Å²) in [6, 6.07) is 1.32. The van der Waals surface area contributed by atoms with Crippen molar-refractivity contribution in [2.45, 2.75) is 6.92 Å². The highest BCUT2D eigenvalue weighted by Crippen LogP contribution is 2.16. The lowest BCUT2D eigenvalue weighted by atomic mass is 10.2. The first-order chi connectivity index (χ1) is 6.69. The molecule has 74 valence electrons. The van der Waals surface area contributed by atoms with Gasteiger partial charge in [-0.1, -0.05) is 11.6 Å². The number of pyridine rings is 1. The predicted octanol–water partition coefficient (Wildman–Crippen LogP) is 1.72. The van der Waals surface area contributed by atoms with E-state index in [1.807, 2.05) is 0 Å². The van der Waals surface area contributed by atoms with Crippen LogP contribution in [0.25, 0.3) is 0 Å². The van der Waals surface area contributed by atoms with Gasteiger partial charge in [-0.05, 0) is 13.0 Å². The molecule has 0 amide bonds. The van der Waals surface area contributed by atoms with Crippen LogP contribution in [0.2, 0.25) is 5.02 Å². The highest BCUT2D eigenvalue weighted by Gasteiger charge is 2.12. The summed E-state index contributed by atoms with van der Waals surface area (Å²) in [6.45, 7) is 1.96. The minimum absolute atomic E-state index is 0.166. The Bertz CT molecular complexity index is 365. The molecule has 0 radical (unpaired) electrons. The van der Waals surface area contributed by atoms with Crippen LogP contribution in [0.3, 0.4) is 0 Å². The number of carbonyl (C=O) groups is 2. The minimum Gasteiger partial charge on any atom is -0.462 e. The Labute approximate surface area is 85.9 Å². The molecule has 0 bridgehead atoms. The Morgan fingerprint density at radius 3 is 2.93 bits per heavy atom.